The van der Waals surface area contributed by atoms with E-state index in [0.717, 1.165) is 4.90 Å². The zero-order valence-corrected chi connectivity index (χ0v) is 19.6. The number of anilines is 1. The Morgan fingerprint density at radius 3 is 2.39 bits per heavy atom. The number of benzene rings is 3. The maximum absolute atomic E-state index is 12.6. The number of rotatable bonds is 10. The zero-order valence-electron chi connectivity index (χ0n) is 19.6. The summed E-state index contributed by atoms with van der Waals surface area (Å²) in [6.45, 7) is 0.0805. The minimum Gasteiger partial charge on any atom is -0.455 e. The van der Waals surface area contributed by atoms with Crippen LogP contribution < -0.4 is 10.1 Å². The molecule has 9 heteroatoms. The molecule has 0 radical (unpaired) electrons. The molecule has 1 N–H and O–H groups in total. The molecule has 1 aliphatic rings. The van der Waals surface area contributed by atoms with E-state index in [9.17, 15) is 19.2 Å². The van der Waals surface area contributed by atoms with Gasteiger partial charge in [0, 0.05) is 20.3 Å². The van der Waals surface area contributed by atoms with E-state index in [4.69, 9.17) is 14.2 Å². The molecule has 36 heavy (non-hydrogen) atoms. The lowest BCUT2D eigenvalue weighted by molar-refractivity contribution is -0.119. The molecule has 0 aliphatic carbocycles. The Balaban J connectivity index is 1.36. The van der Waals surface area contributed by atoms with Gasteiger partial charge in [-0.15, -0.1) is 0 Å². The number of nitrogens with zero attached hydrogens (tertiary/aromatic N) is 1. The summed E-state index contributed by atoms with van der Waals surface area (Å²) in [7, 11) is 1.54. The van der Waals surface area contributed by atoms with E-state index in [1.807, 2.05) is 18.2 Å². The van der Waals surface area contributed by atoms with Gasteiger partial charge >= 0.3 is 5.97 Å². The highest BCUT2D eigenvalue weighted by Crippen LogP contribution is 2.29. The Morgan fingerprint density at radius 2 is 1.61 bits per heavy atom. The van der Waals surface area contributed by atoms with Gasteiger partial charge in [-0.05, 0) is 48.9 Å². The highest BCUT2D eigenvalue weighted by atomic mass is 16.5. The number of hydrogen-bond donors (Lipinski definition) is 1. The fraction of sp³-hybridized carbons (Fsp3) is 0.185. The molecule has 184 valence electrons. The Hall–Kier alpha value is -4.50. The molecule has 0 saturated heterocycles. The second-order valence-corrected chi connectivity index (χ2v) is 7.90. The Morgan fingerprint density at radius 1 is 0.889 bits per heavy atom. The average molecular weight is 488 g/mol. The first kappa shape index (κ1) is 24.6. The molecule has 0 spiro atoms. The fourth-order valence-corrected chi connectivity index (χ4v) is 3.66. The van der Waals surface area contributed by atoms with Gasteiger partial charge in [-0.25, -0.2) is 4.79 Å². The zero-order chi connectivity index (χ0) is 25.5. The van der Waals surface area contributed by atoms with Gasteiger partial charge in [0.15, 0.2) is 12.4 Å². The molecule has 0 atom stereocenters. The number of carbonyl (C=O) groups excluding carboxylic acids is 4. The van der Waals surface area contributed by atoms with E-state index in [0.29, 0.717) is 30.2 Å². The summed E-state index contributed by atoms with van der Waals surface area (Å²) in [5, 5.41) is 2.67. The Kier molecular flexibility index (Phi) is 7.72. The lowest BCUT2D eigenvalue weighted by Crippen LogP contribution is -2.31. The summed E-state index contributed by atoms with van der Waals surface area (Å²) < 4.78 is 15.9. The number of imide groups is 1. The molecule has 0 aromatic heterocycles. The number of ether oxygens (including phenoxy) is 3. The molecule has 1 aliphatic heterocycles. The molecule has 0 saturated carbocycles. The second kappa shape index (κ2) is 11.3. The molecular formula is C27H24N2O7. The molecule has 0 unspecified atom stereocenters. The number of nitrogens with one attached hydrogen (secondary N) is 1. The molecule has 0 bridgehead atoms. The van der Waals surface area contributed by atoms with Crippen molar-refractivity contribution in [2.45, 2.75) is 6.42 Å². The minimum absolute atomic E-state index is 0.0641. The third kappa shape index (κ3) is 5.59. The highest BCUT2D eigenvalue weighted by Gasteiger charge is 2.35. The van der Waals surface area contributed by atoms with Crippen LogP contribution in [0.15, 0.2) is 72.8 Å². The van der Waals surface area contributed by atoms with Crippen molar-refractivity contribution in [2.24, 2.45) is 0 Å². The van der Waals surface area contributed by atoms with E-state index in [2.05, 4.69) is 5.32 Å². The van der Waals surface area contributed by atoms with Gasteiger partial charge in [0.05, 0.1) is 22.4 Å². The minimum atomic E-state index is -0.792. The summed E-state index contributed by atoms with van der Waals surface area (Å²) >= 11 is 0. The molecule has 0 fully saturated rings. The maximum Gasteiger partial charge on any atom is 0.338 e. The average Bonchev–Trinajstić information content (AvgIpc) is 3.13. The summed E-state index contributed by atoms with van der Waals surface area (Å²) in [6, 6.07) is 20.1. The van der Waals surface area contributed by atoms with Gasteiger partial charge in [0.2, 0.25) is 0 Å². The van der Waals surface area contributed by atoms with Crippen LogP contribution in [-0.4, -0.2) is 55.5 Å². The van der Waals surface area contributed by atoms with E-state index in [-0.39, 0.29) is 23.2 Å². The predicted molar refractivity (Wildman–Crippen MR) is 130 cm³/mol. The van der Waals surface area contributed by atoms with Crippen molar-refractivity contribution in [3.05, 3.63) is 89.5 Å². The molecule has 3 amide bonds. The summed E-state index contributed by atoms with van der Waals surface area (Å²) in [5.41, 5.74) is 0.830. The standard InChI is InChI=1S/C27H24N2O7/c1-34-15-7-14-29-25(31)20-13-12-18(16-21(20)26(29)32)27(33)35-17-24(30)28-22-10-5-6-11-23(22)36-19-8-3-2-4-9-19/h2-6,8-13,16H,7,14-15,17H2,1H3,(H,28,30). The van der Waals surface area contributed by atoms with Crippen LogP contribution in [0.25, 0.3) is 0 Å². The van der Waals surface area contributed by atoms with Crippen molar-refractivity contribution in [3.8, 4) is 11.5 Å². The van der Waals surface area contributed by atoms with E-state index >= 15 is 0 Å². The summed E-state index contributed by atoms with van der Waals surface area (Å²) in [5.74, 6) is -1.22. The number of amides is 3. The lowest BCUT2D eigenvalue weighted by atomic mass is 10.1. The molecular weight excluding hydrogens is 464 g/mol. The number of carbonyl (C=O) groups is 4. The van der Waals surface area contributed by atoms with Crippen LogP contribution in [0.3, 0.4) is 0 Å². The van der Waals surface area contributed by atoms with E-state index in [1.54, 1.807) is 36.4 Å². The second-order valence-electron chi connectivity index (χ2n) is 7.90. The van der Waals surface area contributed by atoms with Gasteiger partial charge in [0.1, 0.15) is 5.75 Å². The third-order valence-electron chi connectivity index (χ3n) is 5.40. The number of para-hydroxylation sites is 3. The molecule has 4 rings (SSSR count). The first-order valence-electron chi connectivity index (χ1n) is 11.3. The molecule has 3 aromatic carbocycles. The molecule has 3 aromatic rings. The fourth-order valence-electron chi connectivity index (χ4n) is 3.66. The Bertz CT molecular complexity index is 1290. The van der Waals surface area contributed by atoms with Gasteiger partial charge in [-0.2, -0.15) is 0 Å². The normalized spacial score (nSPS) is 12.3. The van der Waals surface area contributed by atoms with Gasteiger partial charge in [-0.3, -0.25) is 19.3 Å². The summed E-state index contributed by atoms with van der Waals surface area (Å²) in [6.07, 6.45) is 0.505. The maximum atomic E-state index is 12.6. The van der Waals surface area contributed by atoms with Crippen molar-refractivity contribution in [2.75, 3.05) is 32.2 Å². The largest absolute Gasteiger partial charge is 0.455 e. The smallest absolute Gasteiger partial charge is 0.338 e. The number of methoxy groups -OCH3 is 1. The van der Waals surface area contributed by atoms with Crippen molar-refractivity contribution in [1.82, 2.24) is 4.90 Å². The monoisotopic (exact) mass is 488 g/mol. The SMILES string of the molecule is COCCCN1C(=O)c2ccc(C(=O)OCC(=O)Nc3ccccc3Oc3ccccc3)cc2C1=O. The van der Waals surface area contributed by atoms with Gasteiger partial charge in [-0.1, -0.05) is 30.3 Å². The Labute approximate surface area is 207 Å². The van der Waals surface area contributed by atoms with Gasteiger partial charge in [0.25, 0.3) is 17.7 Å². The number of hydrogen-bond acceptors (Lipinski definition) is 7. The van der Waals surface area contributed by atoms with Crippen LogP contribution in [0.5, 0.6) is 11.5 Å². The first-order valence-corrected chi connectivity index (χ1v) is 11.3. The van der Waals surface area contributed by atoms with Gasteiger partial charge < -0.3 is 19.5 Å². The van der Waals surface area contributed by atoms with Crippen molar-refractivity contribution < 1.29 is 33.4 Å². The lowest BCUT2D eigenvalue weighted by Gasteiger charge is -2.12. The van der Waals surface area contributed by atoms with Crippen LogP contribution in [0, 0.1) is 0 Å². The first-order chi connectivity index (χ1) is 17.5. The third-order valence-corrected chi connectivity index (χ3v) is 5.40. The van der Waals surface area contributed by atoms with E-state index in [1.165, 1.54) is 25.3 Å². The predicted octanol–water partition coefficient (Wildman–Crippen LogP) is 3.91. The van der Waals surface area contributed by atoms with Crippen molar-refractivity contribution in [1.29, 1.82) is 0 Å². The topological polar surface area (TPSA) is 111 Å². The van der Waals surface area contributed by atoms with Crippen LogP contribution >= 0.6 is 0 Å². The van der Waals surface area contributed by atoms with E-state index < -0.39 is 30.3 Å². The van der Waals surface area contributed by atoms with Crippen LogP contribution in [0.1, 0.15) is 37.5 Å². The van der Waals surface area contributed by atoms with Crippen LogP contribution in [0.2, 0.25) is 0 Å². The number of esters is 1. The number of fused-ring (bicyclic) bond motifs is 1. The van der Waals surface area contributed by atoms with Crippen LogP contribution in [0.4, 0.5) is 5.69 Å². The van der Waals surface area contributed by atoms with Crippen LogP contribution in [-0.2, 0) is 14.3 Å². The highest BCUT2D eigenvalue weighted by molar-refractivity contribution is 6.22. The molecule has 1 heterocycles. The quantitative estimate of drug-likeness (QED) is 0.262. The van der Waals surface area contributed by atoms with Crippen molar-refractivity contribution >= 4 is 29.4 Å². The van der Waals surface area contributed by atoms with Crippen molar-refractivity contribution in [3.63, 3.8) is 0 Å². The summed E-state index contributed by atoms with van der Waals surface area (Å²) in [4.78, 5) is 51.3. The molecule has 9 nitrogen and oxygen atoms in total.